The van der Waals surface area contributed by atoms with E-state index in [0.29, 0.717) is 25.9 Å². The number of fused-ring (bicyclic) bond motifs is 1. The Kier molecular flexibility index (Phi) is 5.02. The Labute approximate surface area is 157 Å². The van der Waals surface area contributed by atoms with E-state index < -0.39 is 0 Å². The molecule has 0 aliphatic carbocycles. The number of nitrogens with zero attached hydrogens (tertiary/aromatic N) is 3. The molecular formula is C20H23N3O2S. The maximum Gasteiger partial charge on any atom is 0.227 e. The van der Waals surface area contributed by atoms with Gasteiger partial charge >= 0.3 is 0 Å². The zero-order valence-electron chi connectivity index (χ0n) is 14.8. The molecule has 2 aromatic heterocycles. The summed E-state index contributed by atoms with van der Waals surface area (Å²) in [5, 5.41) is 2.11. The highest BCUT2D eigenvalue weighted by Gasteiger charge is 2.33. The highest BCUT2D eigenvalue weighted by Crippen LogP contribution is 2.27. The predicted molar refractivity (Wildman–Crippen MR) is 101 cm³/mol. The number of rotatable bonds is 4. The summed E-state index contributed by atoms with van der Waals surface area (Å²) in [4.78, 5) is 34.8. The number of pyridine rings is 1. The lowest BCUT2D eigenvalue weighted by atomic mass is 9.94. The van der Waals surface area contributed by atoms with Crippen molar-refractivity contribution >= 4 is 23.2 Å². The maximum absolute atomic E-state index is 13.0. The summed E-state index contributed by atoms with van der Waals surface area (Å²) in [5.41, 5.74) is 2.27. The van der Waals surface area contributed by atoms with Crippen molar-refractivity contribution in [1.82, 2.24) is 14.8 Å². The molecule has 2 aromatic rings. The normalized spacial score (nSPS) is 20.2. The average molecular weight is 369 g/mol. The zero-order chi connectivity index (χ0) is 17.9. The van der Waals surface area contributed by atoms with Gasteiger partial charge in [-0.3, -0.25) is 14.6 Å². The van der Waals surface area contributed by atoms with E-state index in [1.165, 1.54) is 10.4 Å². The lowest BCUT2D eigenvalue weighted by molar-refractivity contribution is -0.143. The molecule has 0 unspecified atom stereocenters. The quantitative estimate of drug-likeness (QED) is 0.832. The summed E-state index contributed by atoms with van der Waals surface area (Å²) in [6.45, 7) is 2.69. The monoisotopic (exact) mass is 369 g/mol. The Bertz CT molecular complexity index is 789. The Hall–Kier alpha value is -2.21. The molecule has 5 nitrogen and oxygen atoms in total. The number of aromatic nitrogens is 1. The van der Waals surface area contributed by atoms with Crippen LogP contribution in [0.2, 0.25) is 0 Å². The van der Waals surface area contributed by atoms with Crippen LogP contribution in [0.5, 0.6) is 0 Å². The minimum absolute atomic E-state index is 0.0726. The molecule has 2 aliphatic heterocycles. The fourth-order valence-corrected chi connectivity index (χ4v) is 4.71. The van der Waals surface area contributed by atoms with E-state index in [2.05, 4.69) is 16.4 Å². The van der Waals surface area contributed by atoms with E-state index in [-0.39, 0.29) is 17.7 Å². The molecule has 136 valence electrons. The molecule has 1 saturated heterocycles. The van der Waals surface area contributed by atoms with E-state index in [0.717, 1.165) is 31.6 Å². The van der Waals surface area contributed by atoms with Crippen molar-refractivity contribution in [1.29, 1.82) is 0 Å². The van der Waals surface area contributed by atoms with Crippen molar-refractivity contribution in [2.45, 2.75) is 32.2 Å². The van der Waals surface area contributed by atoms with E-state index in [9.17, 15) is 9.59 Å². The van der Waals surface area contributed by atoms with Gasteiger partial charge in [0.25, 0.3) is 0 Å². The van der Waals surface area contributed by atoms with Crippen LogP contribution in [0.3, 0.4) is 0 Å². The maximum atomic E-state index is 13.0. The molecule has 0 aromatic carbocycles. The first-order valence-corrected chi connectivity index (χ1v) is 10.1. The van der Waals surface area contributed by atoms with Gasteiger partial charge in [-0.25, -0.2) is 0 Å². The van der Waals surface area contributed by atoms with Gasteiger partial charge in [-0.2, -0.15) is 0 Å². The summed E-state index contributed by atoms with van der Waals surface area (Å²) >= 11 is 1.78. The number of piperidine rings is 1. The number of carbonyl (C=O) groups excluding carboxylic acids is 2. The highest BCUT2D eigenvalue weighted by molar-refractivity contribution is 7.10. The molecule has 26 heavy (non-hydrogen) atoms. The molecule has 0 bridgehead atoms. The standard InChI is InChI=1S/C20H23N3O2S/c24-19-5-4-16(14-22(19)10-6-17-3-1-2-9-21-17)20(25)23-11-7-18-15(13-23)8-12-26-18/h1-3,8-9,12,16H,4-7,10-11,13-14H2/t16-/m0/s1. The van der Waals surface area contributed by atoms with Crippen LogP contribution in [0, 0.1) is 5.92 Å². The van der Waals surface area contributed by atoms with Crippen LogP contribution >= 0.6 is 11.3 Å². The molecular weight excluding hydrogens is 346 g/mol. The zero-order valence-corrected chi connectivity index (χ0v) is 15.6. The number of likely N-dealkylation sites (tertiary alicyclic amines) is 1. The molecule has 0 N–H and O–H groups in total. The molecule has 4 heterocycles. The average Bonchev–Trinajstić information content (AvgIpc) is 3.15. The van der Waals surface area contributed by atoms with Crippen LogP contribution in [0.25, 0.3) is 0 Å². The van der Waals surface area contributed by atoms with Gasteiger partial charge in [0, 0.05) is 55.8 Å². The summed E-state index contributed by atoms with van der Waals surface area (Å²) in [6.07, 6.45) is 4.60. The topological polar surface area (TPSA) is 53.5 Å². The summed E-state index contributed by atoms with van der Waals surface area (Å²) in [6, 6.07) is 7.95. The third kappa shape index (κ3) is 3.65. The van der Waals surface area contributed by atoms with Crippen LogP contribution in [0.4, 0.5) is 0 Å². The molecule has 2 aliphatic rings. The van der Waals surface area contributed by atoms with Crippen LogP contribution < -0.4 is 0 Å². The minimum Gasteiger partial charge on any atom is -0.342 e. The Morgan fingerprint density at radius 3 is 3.04 bits per heavy atom. The van der Waals surface area contributed by atoms with Crippen molar-refractivity contribution < 1.29 is 9.59 Å². The first kappa shape index (κ1) is 17.2. The van der Waals surface area contributed by atoms with Gasteiger partial charge in [0.05, 0.1) is 5.92 Å². The Morgan fingerprint density at radius 2 is 2.19 bits per heavy atom. The van der Waals surface area contributed by atoms with Gasteiger partial charge in [-0.15, -0.1) is 11.3 Å². The van der Waals surface area contributed by atoms with Crippen molar-refractivity contribution in [3.8, 4) is 0 Å². The van der Waals surface area contributed by atoms with Crippen LogP contribution in [-0.2, 0) is 29.0 Å². The predicted octanol–water partition coefficient (Wildman–Crippen LogP) is 2.51. The first-order chi connectivity index (χ1) is 12.7. The van der Waals surface area contributed by atoms with E-state index >= 15 is 0 Å². The number of carbonyl (C=O) groups is 2. The third-order valence-electron chi connectivity index (χ3n) is 5.33. The number of thiophene rings is 1. The molecule has 2 amide bonds. The van der Waals surface area contributed by atoms with Crippen molar-refractivity contribution in [3.05, 3.63) is 52.0 Å². The lowest BCUT2D eigenvalue weighted by Gasteiger charge is -2.36. The van der Waals surface area contributed by atoms with Gasteiger partial charge in [-0.1, -0.05) is 6.07 Å². The van der Waals surface area contributed by atoms with Crippen molar-refractivity contribution in [2.75, 3.05) is 19.6 Å². The van der Waals surface area contributed by atoms with E-state index in [4.69, 9.17) is 0 Å². The van der Waals surface area contributed by atoms with Crippen LogP contribution in [0.1, 0.15) is 29.0 Å². The highest BCUT2D eigenvalue weighted by atomic mass is 32.1. The SMILES string of the molecule is O=C1CC[C@H](C(=O)N2CCc3sccc3C2)CN1CCc1ccccn1. The smallest absolute Gasteiger partial charge is 0.227 e. The van der Waals surface area contributed by atoms with Gasteiger partial charge in [0.2, 0.25) is 11.8 Å². The number of hydrogen-bond donors (Lipinski definition) is 0. The molecule has 4 rings (SSSR count). The van der Waals surface area contributed by atoms with Gasteiger partial charge in [0.1, 0.15) is 0 Å². The summed E-state index contributed by atoms with van der Waals surface area (Å²) in [7, 11) is 0. The number of amides is 2. The van der Waals surface area contributed by atoms with Crippen LogP contribution in [-0.4, -0.2) is 46.2 Å². The van der Waals surface area contributed by atoms with E-state index in [1.54, 1.807) is 17.5 Å². The molecule has 0 radical (unpaired) electrons. The molecule has 0 saturated carbocycles. The fraction of sp³-hybridized carbons (Fsp3) is 0.450. The second-order valence-electron chi connectivity index (χ2n) is 7.03. The second-order valence-corrected chi connectivity index (χ2v) is 8.03. The first-order valence-electron chi connectivity index (χ1n) is 9.22. The molecule has 6 heteroatoms. The lowest BCUT2D eigenvalue weighted by Crippen LogP contribution is -2.48. The van der Waals surface area contributed by atoms with Gasteiger partial charge in [-0.05, 0) is 42.0 Å². The Balaban J connectivity index is 1.36. The van der Waals surface area contributed by atoms with Gasteiger partial charge in [0.15, 0.2) is 0 Å². The van der Waals surface area contributed by atoms with Gasteiger partial charge < -0.3 is 9.80 Å². The molecule has 0 spiro atoms. The largest absolute Gasteiger partial charge is 0.342 e. The molecule has 1 atom stereocenters. The van der Waals surface area contributed by atoms with E-state index in [1.807, 2.05) is 28.0 Å². The number of hydrogen-bond acceptors (Lipinski definition) is 4. The summed E-state index contributed by atoms with van der Waals surface area (Å²) < 4.78 is 0. The van der Waals surface area contributed by atoms with Crippen molar-refractivity contribution in [3.63, 3.8) is 0 Å². The minimum atomic E-state index is -0.0726. The summed E-state index contributed by atoms with van der Waals surface area (Å²) in [5.74, 6) is 0.289. The van der Waals surface area contributed by atoms with Crippen LogP contribution in [0.15, 0.2) is 35.8 Å². The fourth-order valence-electron chi connectivity index (χ4n) is 3.82. The van der Waals surface area contributed by atoms with Crippen molar-refractivity contribution in [2.24, 2.45) is 5.92 Å². The Morgan fingerprint density at radius 1 is 1.27 bits per heavy atom. The molecule has 1 fully saturated rings. The second kappa shape index (κ2) is 7.58. The third-order valence-corrected chi connectivity index (χ3v) is 6.36.